The number of carbonyl (C=O) groups excluding carboxylic acids is 1. The van der Waals surface area contributed by atoms with Gasteiger partial charge in [-0.3, -0.25) is 4.79 Å². The zero-order valence-corrected chi connectivity index (χ0v) is 15.1. The molecule has 1 aromatic heterocycles. The first kappa shape index (κ1) is 18.2. The molecule has 4 heteroatoms. The molecule has 0 radical (unpaired) electrons. The molecule has 1 fully saturated rings. The molecule has 0 unspecified atom stereocenters. The number of hydrogen-bond donors (Lipinski definition) is 0. The van der Waals surface area contributed by atoms with E-state index in [1.165, 1.54) is 32.1 Å². The van der Waals surface area contributed by atoms with Crippen LogP contribution in [0.25, 0.3) is 0 Å². The third kappa shape index (κ3) is 5.43. The zero-order chi connectivity index (χ0) is 16.7. The number of nitrogens with zero attached hydrogens (tertiary/aromatic N) is 3. The van der Waals surface area contributed by atoms with Crippen LogP contribution in [0.15, 0.2) is 6.20 Å². The summed E-state index contributed by atoms with van der Waals surface area (Å²) in [5, 5.41) is 8.68. The molecule has 1 saturated carbocycles. The SMILES string of the molecule is CCCCCCCc1cn(C2CCC(C(=O)C(C)C)CC2)nn1. The van der Waals surface area contributed by atoms with E-state index in [2.05, 4.69) is 28.1 Å². The Bertz CT molecular complexity index is 473. The molecular formula is C19H33N3O. The zero-order valence-electron chi connectivity index (χ0n) is 15.1. The third-order valence-corrected chi connectivity index (χ3v) is 5.14. The molecule has 0 amide bonds. The molecule has 0 spiro atoms. The van der Waals surface area contributed by atoms with Crippen LogP contribution in [-0.4, -0.2) is 20.8 Å². The van der Waals surface area contributed by atoms with E-state index >= 15 is 0 Å². The lowest BCUT2D eigenvalue weighted by Crippen LogP contribution is -2.26. The maximum Gasteiger partial charge on any atom is 0.138 e. The molecule has 0 N–H and O–H groups in total. The van der Waals surface area contributed by atoms with Gasteiger partial charge in [0.15, 0.2) is 0 Å². The maximum absolute atomic E-state index is 12.1. The Kier molecular flexibility index (Phi) is 7.25. The lowest BCUT2D eigenvalue weighted by molar-refractivity contribution is -0.127. The lowest BCUT2D eigenvalue weighted by atomic mass is 9.80. The molecule has 0 aromatic carbocycles. The minimum Gasteiger partial charge on any atom is -0.299 e. The van der Waals surface area contributed by atoms with Crippen LogP contribution < -0.4 is 0 Å². The average Bonchev–Trinajstić information content (AvgIpc) is 3.03. The van der Waals surface area contributed by atoms with Gasteiger partial charge in [-0.25, -0.2) is 4.68 Å². The fourth-order valence-corrected chi connectivity index (χ4v) is 3.61. The smallest absolute Gasteiger partial charge is 0.138 e. The van der Waals surface area contributed by atoms with Gasteiger partial charge in [0.05, 0.1) is 11.7 Å². The summed E-state index contributed by atoms with van der Waals surface area (Å²) in [6.45, 7) is 6.27. The summed E-state index contributed by atoms with van der Waals surface area (Å²) < 4.78 is 2.05. The van der Waals surface area contributed by atoms with Gasteiger partial charge in [0.2, 0.25) is 0 Å². The van der Waals surface area contributed by atoms with Crippen molar-refractivity contribution in [3.63, 3.8) is 0 Å². The summed E-state index contributed by atoms with van der Waals surface area (Å²) in [6.07, 6.45) is 13.8. The van der Waals surface area contributed by atoms with Crippen molar-refractivity contribution in [1.82, 2.24) is 15.0 Å². The van der Waals surface area contributed by atoms with Gasteiger partial charge in [-0.2, -0.15) is 0 Å². The Hall–Kier alpha value is -1.19. The highest BCUT2D eigenvalue weighted by atomic mass is 16.1. The Morgan fingerprint density at radius 2 is 1.87 bits per heavy atom. The molecule has 0 aliphatic heterocycles. The molecular weight excluding hydrogens is 286 g/mol. The predicted octanol–water partition coefficient (Wildman–Crippen LogP) is 4.75. The van der Waals surface area contributed by atoms with Crippen LogP contribution in [0.5, 0.6) is 0 Å². The molecule has 1 aromatic rings. The second-order valence-electron chi connectivity index (χ2n) is 7.42. The molecule has 0 atom stereocenters. The molecule has 0 bridgehead atoms. The number of hydrogen-bond acceptors (Lipinski definition) is 3. The van der Waals surface area contributed by atoms with Crippen molar-refractivity contribution in [3.8, 4) is 0 Å². The van der Waals surface area contributed by atoms with E-state index in [1.807, 2.05) is 13.8 Å². The quantitative estimate of drug-likeness (QED) is 0.617. The highest BCUT2D eigenvalue weighted by molar-refractivity contribution is 5.82. The number of unbranched alkanes of at least 4 members (excludes halogenated alkanes) is 4. The normalized spacial score (nSPS) is 21.7. The molecule has 1 aliphatic rings. The van der Waals surface area contributed by atoms with Crippen LogP contribution in [0, 0.1) is 11.8 Å². The van der Waals surface area contributed by atoms with Crippen molar-refractivity contribution < 1.29 is 4.79 Å². The van der Waals surface area contributed by atoms with Gasteiger partial charge in [0.1, 0.15) is 5.78 Å². The third-order valence-electron chi connectivity index (χ3n) is 5.14. The highest BCUT2D eigenvalue weighted by Crippen LogP contribution is 2.33. The molecule has 1 aliphatic carbocycles. The number of aromatic nitrogens is 3. The van der Waals surface area contributed by atoms with Gasteiger partial charge in [-0.15, -0.1) is 5.10 Å². The summed E-state index contributed by atoms with van der Waals surface area (Å²) in [5.41, 5.74) is 1.13. The first-order chi connectivity index (χ1) is 11.1. The van der Waals surface area contributed by atoms with Crippen LogP contribution in [0.1, 0.15) is 90.3 Å². The summed E-state index contributed by atoms with van der Waals surface area (Å²) in [5.74, 6) is 0.879. The minimum atomic E-state index is 0.169. The van der Waals surface area contributed by atoms with Gasteiger partial charge in [0, 0.05) is 18.0 Å². The fraction of sp³-hybridized carbons (Fsp3) is 0.842. The Balaban J connectivity index is 1.75. The molecule has 0 saturated heterocycles. The van der Waals surface area contributed by atoms with E-state index in [4.69, 9.17) is 0 Å². The summed E-state index contributed by atoms with van der Waals surface area (Å²) in [7, 11) is 0. The molecule has 23 heavy (non-hydrogen) atoms. The predicted molar refractivity (Wildman–Crippen MR) is 93.3 cm³/mol. The van der Waals surface area contributed by atoms with E-state index in [1.54, 1.807) is 0 Å². The van der Waals surface area contributed by atoms with E-state index < -0.39 is 0 Å². The van der Waals surface area contributed by atoms with Crippen molar-refractivity contribution in [2.45, 2.75) is 91.0 Å². The van der Waals surface area contributed by atoms with Crippen LogP contribution in [0.2, 0.25) is 0 Å². The topological polar surface area (TPSA) is 47.8 Å². The van der Waals surface area contributed by atoms with Crippen molar-refractivity contribution >= 4 is 5.78 Å². The Morgan fingerprint density at radius 1 is 1.17 bits per heavy atom. The Labute approximate surface area is 141 Å². The van der Waals surface area contributed by atoms with Crippen LogP contribution in [0.3, 0.4) is 0 Å². The maximum atomic E-state index is 12.1. The number of Topliss-reactive ketones (excluding diaryl/α,β-unsaturated/α-hetero) is 1. The Morgan fingerprint density at radius 3 is 2.52 bits per heavy atom. The monoisotopic (exact) mass is 319 g/mol. The molecule has 2 rings (SSSR count). The van der Waals surface area contributed by atoms with Gasteiger partial charge in [-0.05, 0) is 38.5 Å². The van der Waals surface area contributed by atoms with Gasteiger partial charge < -0.3 is 0 Å². The second kappa shape index (κ2) is 9.19. The van der Waals surface area contributed by atoms with Gasteiger partial charge in [0.25, 0.3) is 0 Å². The van der Waals surface area contributed by atoms with Crippen molar-refractivity contribution in [2.75, 3.05) is 0 Å². The number of aryl methyl sites for hydroxylation is 1. The first-order valence-electron chi connectivity index (χ1n) is 9.56. The van der Waals surface area contributed by atoms with E-state index in [9.17, 15) is 4.79 Å². The molecule has 4 nitrogen and oxygen atoms in total. The van der Waals surface area contributed by atoms with E-state index in [-0.39, 0.29) is 11.8 Å². The van der Waals surface area contributed by atoms with Crippen LogP contribution >= 0.6 is 0 Å². The molecule has 130 valence electrons. The number of carbonyl (C=O) groups is 1. The fourth-order valence-electron chi connectivity index (χ4n) is 3.61. The standard InChI is InChI=1S/C19H33N3O/c1-4-5-6-7-8-9-17-14-22(21-20-17)18-12-10-16(11-13-18)19(23)15(2)3/h14-16,18H,4-13H2,1-3H3. The lowest BCUT2D eigenvalue weighted by Gasteiger charge is -2.28. The van der Waals surface area contributed by atoms with Crippen molar-refractivity contribution in [2.24, 2.45) is 11.8 Å². The summed E-state index contributed by atoms with van der Waals surface area (Å²) in [6, 6.07) is 0.438. The van der Waals surface area contributed by atoms with Crippen molar-refractivity contribution in [3.05, 3.63) is 11.9 Å². The van der Waals surface area contributed by atoms with Crippen LogP contribution in [0.4, 0.5) is 0 Å². The summed E-state index contributed by atoms with van der Waals surface area (Å²) in [4.78, 5) is 12.1. The number of rotatable bonds is 9. The highest BCUT2D eigenvalue weighted by Gasteiger charge is 2.28. The van der Waals surface area contributed by atoms with Gasteiger partial charge in [-0.1, -0.05) is 51.7 Å². The van der Waals surface area contributed by atoms with Crippen molar-refractivity contribution in [1.29, 1.82) is 0 Å². The first-order valence-corrected chi connectivity index (χ1v) is 9.56. The summed E-state index contributed by atoms with van der Waals surface area (Å²) >= 11 is 0. The largest absolute Gasteiger partial charge is 0.299 e. The van der Waals surface area contributed by atoms with E-state index in [0.717, 1.165) is 37.8 Å². The average molecular weight is 319 g/mol. The van der Waals surface area contributed by atoms with Gasteiger partial charge >= 0.3 is 0 Å². The van der Waals surface area contributed by atoms with E-state index in [0.29, 0.717) is 11.8 Å². The second-order valence-corrected chi connectivity index (χ2v) is 7.42. The molecule has 1 heterocycles. The minimum absolute atomic E-state index is 0.169. The van der Waals surface area contributed by atoms with Crippen LogP contribution in [-0.2, 0) is 11.2 Å². The number of ketones is 1.